The predicted octanol–water partition coefficient (Wildman–Crippen LogP) is 6.06. The molecule has 0 fully saturated rings. The third-order valence-corrected chi connectivity index (χ3v) is 8.06. The normalized spacial score (nSPS) is 11.1. The Morgan fingerprint density at radius 1 is 0.889 bits per heavy atom. The fraction of sp³-hybridized carbons (Fsp3) is 0.107. The number of hydrogen-bond donors (Lipinski definition) is 1. The summed E-state index contributed by atoms with van der Waals surface area (Å²) in [5.74, 6) is 0.155. The molecule has 1 amide bonds. The zero-order valence-electron chi connectivity index (χ0n) is 19.9. The molecular formula is C28H26N2O4S2. The number of nitrogens with zero attached hydrogens (tertiary/aromatic N) is 1. The number of anilines is 2. The van der Waals surface area contributed by atoms with Crippen molar-refractivity contribution >= 4 is 39.1 Å². The molecule has 0 unspecified atom stereocenters. The van der Waals surface area contributed by atoms with Gasteiger partial charge in [0.25, 0.3) is 15.9 Å². The van der Waals surface area contributed by atoms with Crippen LogP contribution < -0.4 is 14.4 Å². The van der Waals surface area contributed by atoms with E-state index in [1.165, 1.54) is 23.5 Å². The Morgan fingerprint density at radius 2 is 1.58 bits per heavy atom. The fourth-order valence-electron chi connectivity index (χ4n) is 3.71. The Bertz CT molecular complexity index is 1440. The minimum atomic E-state index is -4.02. The number of rotatable bonds is 9. The van der Waals surface area contributed by atoms with Gasteiger partial charge in [-0.25, -0.2) is 8.42 Å². The highest BCUT2D eigenvalue weighted by Crippen LogP contribution is 2.31. The van der Waals surface area contributed by atoms with E-state index in [2.05, 4.69) is 5.32 Å². The molecule has 0 aliphatic rings. The number of amides is 1. The predicted molar refractivity (Wildman–Crippen MR) is 145 cm³/mol. The van der Waals surface area contributed by atoms with Crippen LogP contribution in [0.25, 0.3) is 0 Å². The smallest absolute Gasteiger partial charge is 0.264 e. The van der Waals surface area contributed by atoms with Crippen molar-refractivity contribution in [3.8, 4) is 5.75 Å². The van der Waals surface area contributed by atoms with Gasteiger partial charge in [0.2, 0.25) is 0 Å². The zero-order chi connectivity index (χ0) is 25.5. The molecule has 0 atom stereocenters. The van der Waals surface area contributed by atoms with Crippen LogP contribution in [-0.4, -0.2) is 27.7 Å². The molecule has 184 valence electrons. The lowest BCUT2D eigenvalue weighted by Gasteiger charge is -2.26. The summed E-state index contributed by atoms with van der Waals surface area (Å²) in [6.45, 7) is 0.0570. The molecule has 0 spiro atoms. The highest BCUT2D eigenvalue weighted by molar-refractivity contribution is 7.98. The lowest BCUT2D eigenvalue weighted by molar-refractivity contribution is 0.102. The van der Waals surface area contributed by atoms with Crippen LogP contribution in [-0.2, 0) is 16.6 Å². The van der Waals surface area contributed by atoms with Crippen molar-refractivity contribution in [2.24, 2.45) is 0 Å². The maximum absolute atomic E-state index is 13.9. The minimum Gasteiger partial charge on any atom is -0.497 e. The maximum atomic E-state index is 13.9. The molecule has 0 aliphatic carbocycles. The molecule has 36 heavy (non-hydrogen) atoms. The Labute approximate surface area is 216 Å². The highest BCUT2D eigenvalue weighted by Gasteiger charge is 2.28. The molecule has 6 nitrogen and oxygen atoms in total. The lowest BCUT2D eigenvalue weighted by Crippen LogP contribution is -2.32. The molecule has 0 radical (unpaired) electrons. The molecule has 0 saturated carbocycles. The Hall–Kier alpha value is -3.75. The first-order valence-electron chi connectivity index (χ1n) is 11.2. The molecule has 0 aliphatic heterocycles. The van der Waals surface area contributed by atoms with Crippen LogP contribution in [0, 0.1) is 0 Å². The number of methoxy groups -OCH3 is 1. The minimum absolute atomic E-state index is 0.0570. The van der Waals surface area contributed by atoms with Gasteiger partial charge in [-0.15, -0.1) is 11.8 Å². The number of benzene rings is 4. The van der Waals surface area contributed by atoms with E-state index >= 15 is 0 Å². The number of carbonyl (C=O) groups is 1. The van der Waals surface area contributed by atoms with E-state index in [9.17, 15) is 13.2 Å². The van der Waals surface area contributed by atoms with Gasteiger partial charge in [0.05, 0.1) is 29.8 Å². The van der Waals surface area contributed by atoms with Crippen LogP contribution in [0.2, 0.25) is 0 Å². The van der Waals surface area contributed by atoms with E-state index in [1.54, 1.807) is 54.2 Å². The van der Waals surface area contributed by atoms with Gasteiger partial charge >= 0.3 is 0 Å². The largest absolute Gasteiger partial charge is 0.497 e. The van der Waals surface area contributed by atoms with E-state index in [1.807, 2.05) is 54.8 Å². The van der Waals surface area contributed by atoms with E-state index in [4.69, 9.17) is 4.74 Å². The van der Waals surface area contributed by atoms with Gasteiger partial charge in [-0.05, 0) is 66.4 Å². The fourth-order valence-corrected chi connectivity index (χ4v) is 5.64. The number of thioether (sulfide) groups is 1. The Kier molecular flexibility index (Phi) is 7.97. The van der Waals surface area contributed by atoms with Crippen LogP contribution in [0.3, 0.4) is 0 Å². The van der Waals surface area contributed by atoms with Crippen molar-refractivity contribution in [1.82, 2.24) is 0 Å². The maximum Gasteiger partial charge on any atom is 0.264 e. The third kappa shape index (κ3) is 5.72. The van der Waals surface area contributed by atoms with Crippen molar-refractivity contribution in [2.45, 2.75) is 16.3 Å². The van der Waals surface area contributed by atoms with Gasteiger partial charge in [-0.1, -0.05) is 48.5 Å². The van der Waals surface area contributed by atoms with Crippen LogP contribution in [0.4, 0.5) is 11.4 Å². The monoisotopic (exact) mass is 518 g/mol. The molecule has 0 saturated heterocycles. The Morgan fingerprint density at radius 3 is 2.28 bits per heavy atom. The molecule has 0 aromatic heterocycles. The van der Waals surface area contributed by atoms with Crippen LogP contribution >= 0.6 is 11.8 Å². The zero-order valence-corrected chi connectivity index (χ0v) is 21.6. The van der Waals surface area contributed by atoms with Crippen LogP contribution in [0.5, 0.6) is 5.75 Å². The van der Waals surface area contributed by atoms with Crippen LogP contribution in [0.15, 0.2) is 113 Å². The molecule has 8 heteroatoms. The number of para-hydroxylation sites is 1. The second kappa shape index (κ2) is 11.3. The summed E-state index contributed by atoms with van der Waals surface area (Å²) in [7, 11) is -2.50. The van der Waals surface area contributed by atoms with Gasteiger partial charge in [-0.3, -0.25) is 9.10 Å². The standard InChI is InChI=1S/C28H26N2O4S2/c1-34-23-15-17-25(18-16-23)36(32,33)30(20-21-9-4-3-5-10-21)27-14-7-6-13-26(27)28(31)29-22-11-8-12-24(19-22)35-2/h3-19H,20H2,1-2H3,(H,29,31). The van der Waals surface area contributed by atoms with E-state index < -0.39 is 15.9 Å². The topological polar surface area (TPSA) is 75.7 Å². The summed E-state index contributed by atoms with van der Waals surface area (Å²) in [5, 5.41) is 2.91. The molecule has 1 N–H and O–H groups in total. The molecule has 4 aromatic carbocycles. The second-order valence-corrected chi connectivity index (χ2v) is 10.6. The van der Waals surface area contributed by atoms with Gasteiger partial charge in [0.1, 0.15) is 5.75 Å². The van der Waals surface area contributed by atoms with Gasteiger partial charge < -0.3 is 10.1 Å². The molecule has 4 rings (SSSR count). The summed E-state index contributed by atoms with van der Waals surface area (Å²) in [4.78, 5) is 14.5. The third-order valence-electron chi connectivity index (χ3n) is 5.56. The number of carbonyl (C=O) groups excluding carboxylic acids is 1. The number of ether oxygens (including phenoxy) is 1. The molecule has 4 aromatic rings. The van der Waals surface area contributed by atoms with Crippen molar-refractivity contribution < 1.29 is 17.9 Å². The van der Waals surface area contributed by atoms with Crippen molar-refractivity contribution in [3.63, 3.8) is 0 Å². The first-order valence-corrected chi connectivity index (χ1v) is 13.8. The summed E-state index contributed by atoms with van der Waals surface area (Å²) in [5.41, 5.74) is 1.96. The Balaban J connectivity index is 1.77. The second-order valence-electron chi connectivity index (χ2n) is 7.88. The first kappa shape index (κ1) is 25.3. The van der Waals surface area contributed by atoms with E-state index in [0.717, 1.165) is 10.5 Å². The average Bonchev–Trinajstić information content (AvgIpc) is 2.92. The molecule has 0 bridgehead atoms. The van der Waals surface area contributed by atoms with Gasteiger partial charge in [0.15, 0.2) is 0 Å². The summed E-state index contributed by atoms with van der Waals surface area (Å²) < 4.78 is 34.3. The average molecular weight is 519 g/mol. The van der Waals surface area contributed by atoms with Crippen molar-refractivity contribution in [1.29, 1.82) is 0 Å². The number of hydrogen-bond acceptors (Lipinski definition) is 5. The number of sulfonamides is 1. The van der Waals surface area contributed by atoms with Crippen LogP contribution in [0.1, 0.15) is 15.9 Å². The SMILES string of the molecule is COc1ccc(S(=O)(=O)N(Cc2ccccc2)c2ccccc2C(=O)Nc2cccc(SC)c2)cc1. The van der Waals surface area contributed by atoms with E-state index in [0.29, 0.717) is 11.4 Å². The summed E-state index contributed by atoms with van der Waals surface area (Å²) >= 11 is 1.57. The number of nitrogens with one attached hydrogen (secondary N) is 1. The molecule has 0 heterocycles. The molecular weight excluding hydrogens is 492 g/mol. The summed E-state index contributed by atoms with van der Waals surface area (Å²) in [6.07, 6.45) is 1.96. The summed E-state index contributed by atoms with van der Waals surface area (Å²) in [6, 6.07) is 29.7. The first-order chi connectivity index (χ1) is 17.4. The van der Waals surface area contributed by atoms with E-state index in [-0.39, 0.29) is 22.7 Å². The quantitative estimate of drug-likeness (QED) is 0.272. The van der Waals surface area contributed by atoms with Crippen molar-refractivity contribution in [3.05, 3.63) is 114 Å². The van der Waals surface area contributed by atoms with Crippen molar-refractivity contribution in [2.75, 3.05) is 23.0 Å². The highest BCUT2D eigenvalue weighted by atomic mass is 32.2. The van der Waals surface area contributed by atoms with Gasteiger partial charge in [-0.2, -0.15) is 0 Å². The lowest BCUT2D eigenvalue weighted by atomic mass is 10.1. The van der Waals surface area contributed by atoms with Gasteiger partial charge in [0, 0.05) is 10.6 Å².